The number of piperidine rings is 1. The predicted octanol–water partition coefficient (Wildman–Crippen LogP) is 4.52. The normalized spacial score (nSPS) is 14.8. The van der Waals surface area contributed by atoms with Gasteiger partial charge in [-0.2, -0.15) is 0 Å². The van der Waals surface area contributed by atoms with Crippen LogP contribution in [0.1, 0.15) is 48.5 Å². The van der Waals surface area contributed by atoms with Crippen molar-refractivity contribution in [3.05, 3.63) is 65.7 Å². The molecule has 1 heterocycles. The monoisotopic (exact) mass is 364 g/mol. The van der Waals surface area contributed by atoms with Crippen LogP contribution < -0.4 is 5.32 Å². The highest BCUT2D eigenvalue weighted by atomic mass is 16.2. The molecule has 0 radical (unpaired) electrons. The van der Waals surface area contributed by atoms with E-state index in [1.807, 2.05) is 35.2 Å². The standard InChI is InChI=1S/C23H28N2O2/c1-18-14-16-25(17-15-18)23(27)20-10-12-21(13-11-20)24-22(26)9-5-8-19-6-3-2-4-7-19/h2-4,6-7,10-13,18H,5,8-9,14-17H2,1H3,(H,24,26). The largest absolute Gasteiger partial charge is 0.339 e. The Hall–Kier alpha value is -2.62. The molecule has 1 N–H and O–H groups in total. The van der Waals surface area contributed by atoms with Crippen molar-refractivity contribution in [2.75, 3.05) is 18.4 Å². The van der Waals surface area contributed by atoms with E-state index in [-0.39, 0.29) is 11.8 Å². The Morgan fingerprint density at radius 3 is 2.33 bits per heavy atom. The highest BCUT2D eigenvalue weighted by molar-refractivity contribution is 5.95. The van der Waals surface area contributed by atoms with Gasteiger partial charge in [0.05, 0.1) is 0 Å². The Balaban J connectivity index is 1.45. The van der Waals surface area contributed by atoms with Gasteiger partial charge in [-0.1, -0.05) is 37.3 Å². The molecule has 1 saturated heterocycles. The molecule has 1 fully saturated rings. The van der Waals surface area contributed by atoms with Crippen LogP contribution in [0.4, 0.5) is 5.69 Å². The predicted molar refractivity (Wildman–Crippen MR) is 109 cm³/mol. The molecule has 0 saturated carbocycles. The first kappa shape index (κ1) is 19.2. The summed E-state index contributed by atoms with van der Waals surface area (Å²) in [7, 11) is 0. The highest BCUT2D eigenvalue weighted by Crippen LogP contribution is 2.19. The molecule has 0 aliphatic carbocycles. The Labute approximate surface area is 161 Å². The molecule has 4 heteroatoms. The molecule has 0 aromatic heterocycles. The van der Waals surface area contributed by atoms with E-state index in [9.17, 15) is 9.59 Å². The minimum absolute atomic E-state index is 0.00928. The summed E-state index contributed by atoms with van der Waals surface area (Å²) in [4.78, 5) is 26.6. The fraction of sp³-hybridized carbons (Fsp3) is 0.391. The number of carbonyl (C=O) groups is 2. The maximum atomic E-state index is 12.6. The molecule has 4 nitrogen and oxygen atoms in total. The lowest BCUT2D eigenvalue weighted by Gasteiger charge is -2.30. The third-order valence-corrected chi connectivity index (χ3v) is 5.20. The van der Waals surface area contributed by atoms with Crippen molar-refractivity contribution in [2.24, 2.45) is 5.92 Å². The fourth-order valence-electron chi connectivity index (χ4n) is 3.41. The van der Waals surface area contributed by atoms with Crippen molar-refractivity contribution in [1.82, 2.24) is 4.90 Å². The lowest BCUT2D eigenvalue weighted by atomic mass is 9.98. The molecular formula is C23H28N2O2. The molecule has 27 heavy (non-hydrogen) atoms. The number of rotatable bonds is 6. The highest BCUT2D eigenvalue weighted by Gasteiger charge is 2.21. The van der Waals surface area contributed by atoms with E-state index in [2.05, 4.69) is 24.4 Å². The van der Waals surface area contributed by atoms with Crippen molar-refractivity contribution in [3.63, 3.8) is 0 Å². The maximum Gasteiger partial charge on any atom is 0.253 e. The van der Waals surface area contributed by atoms with Crippen LogP contribution in [0.5, 0.6) is 0 Å². The van der Waals surface area contributed by atoms with Gasteiger partial charge in [-0.25, -0.2) is 0 Å². The van der Waals surface area contributed by atoms with Crippen LogP contribution in [0.15, 0.2) is 54.6 Å². The number of anilines is 1. The molecule has 1 aliphatic rings. The average Bonchev–Trinajstić information content (AvgIpc) is 2.69. The quantitative estimate of drug-likeness (QED) is 0.819. The molecule has 0 bridgehead atoms. The first-order valence-electron chi connectivity index (χ1n) is 9.85. The summed E-state index contributed by atoms with van der Waals surface area (Å²) in [6, 6.07) is 17.4. The van der Waals surface area contributed by atoms with Gasteiger partial charge in [0, 0.05) is 30.8 Å². The number of hydrogen-bond donors (Lipinski definition) is 1. The second kappa shape index (κ2) is 9.36. The van der Waals surface area contributed by atoms with E-state index in [4.69, 9.17) is 0 Å². The second-order valence-electron chi connectivity index (χ2n) is 7.44. The first-order valence-corrected chi connectivity index (χ1v) is 9.85. The van der Waals surface area contributed by atoms with Crippen molar-refractivity contribution in [2.45, 2.75) is 39.0 Å². The van der Waals surface area contributed by atoms with Gasteiger partial charge in [0.2, 0.25) is 5.91 Å². The van der Waals surface area contributed by atoms with Crippen LogP contribution in [0.2, 0.25) is 0 Å². The fourth-order valence-corrected chi connectivity index (χ4v) is 3.41. The van der Waals surface area contributed by atoms with Crippen molar-refractivity contribution in [3.8, 4) is 0 Å². The smallest absolute Gasteiger partial charge is 0.253 e. The molecule has 2 aromatic rings. The lowest BCUT2D eigenvalue weighted by molar-refractivity contribution is -0.116. The minimum atomic E-state index is 0.00928. The van der Waals surface area contributed by atoms with Gasteiger partial charge in [-0.3, -0.25) is 9.59 Å². The average molecular weight is 364 g/mol. The van der Waals surface area contributed by atoms with E-state index in [0.29, 0.717) is 17.9 Å². The van der Waals surface area contributed by atoms with Crippen LogP contribution >= 0.6 is 0 Å². The second-order valence-corrected chi connectivity index (χ2v) is 7.44. The van der Waals surface area contributed by atoms with E-state index < -0.39 is 0 Å². The van der Waals surface area contributed by atoms with Crippen LogP contribution in [-0.2, 0) is 11.2 Å². The zero-order valence-corrected chi connectivity index (χ0v) is 16.0. The Bertz CT molecular complexity index is 748. The third kappa shape index (κ3) is 5.68. The van der Waals surface area contributed by atoms with Crippen molar-refractivity contribution < 1.29 is 9.59 Å². The molecular weight excluding hydrogens is 336 g/mol. The van der Waals surface area contributed by atoms with Gasteiger partial charge < -0.3 is 10.2 Å². The number of benzene rings is 2. The van der Waals surface area contributed by atoms with Crippen molar-refractivity contribution >= 4 is 17.5 Å². The molecule has 3 rings (SSSR count). The maximum absolute atomic E-state index is 12.6. The number of nitrogens with zero attached hydrogens (tertiary/aromatic N) is 1. The Morgan fingerprint density at radius 1 is 1.00 bits per heavy atom. The number of aryl methyl sites for hydroxylation is 1. The summed E-state index contributed by atoms with van der Waals surface area (Å²) in [5, 5.41) is 2.92. The summed E-state index contributed by atoms with van der Waals surface area (Å²) in [6.07, 6.45) is 4.35. The number of hydrogen-bond acceptors (Lipinski definition) is 2. The number of likely N-dealkylation sites (tertiary alicyclic amines) is 1. The Kier molecular flexibility index (Phi) is 6.64. The molecule has 142 valence electrons. The van der Waals surface area contributed by atoms with E-state index in [1.165, 1.54) is 5.56 Å². The molecule has 1 aliphatic heterocycles. The molecule has 0 atom stereocenters. The van der Waals surface area contributed by atoms with Crippen molar-refractivity contribution in [1.29, 1.82) is 0 Å². The number of carbonyl (C=O) groups excluding carboxylic acids is 2. The van der Waals surface area contributed by atoms with Crippen LogP contribution in [0, 0.1) is 5.92 Å². The summed E-state index contributed by atoms with van der Waals surface area (Å²) >= 11 is 0. The van der Waals surface area contributed by atoms with E-state index in [0.717, 1.165) is 44.5 Å². The zero-order chi connectivity index (χ0) is 19.1. The summed E-state index contributed by atoms with van der Waals surface area (Å²) < 4.78 is 0. The van der Waals surface area contributed by atoms with Crippen LogP contribution in [-0.4, -0.2) is 29.8 Å². The van der Waals surface area contributed by atoms with E-state index >= 15 is 0 Å². The summed E-state index contributed by atoms with van der Waals surface area (Å²) in [6.45, 7) is 3.90. The van der Waals surface area contributed by atoms with Crippen LogP contribution in [0.3, 0.4) is 0 Å². The Morgan fingerprint density at radius 2 is 1.67 bits per heavy atom. The third-order valence-electron chi connectivity index (χ3n) is 5.20. The zero-order valence-electron chi connectivity index (χ0n) is 16.0. The van der Waals surface area contributed by atoms with Gasteiger partial charge >= 0.3 is 0 Å². The molecule has 2 amide bonds. The first-order chi connectivity index (χ1) is 13.1. The summed E-state index contributed by atoms with van der Waals surface area (Å²) in [5.41, 5.74) is 2.68. The van der Waals surface area contributed by atoms with Gasteiger partial charge in [-0.05, 0) is 61.4 Å². The SMILES string of the molecule is CC1CCN(C(=O)c2ccc(NC(=O)CCCc3ccccc3)cc2)CC1. The summed E-state index contributed by atoms with van der Waals surface area (Å²) in [5.74, 6) is 0.797. The number of amides is 2. The van der Waals surface area contributed by atoms with Gasteiger partial charge in [0.15, 0.2) is 0 Å². The lowest BCUT2D eigenvalue weighted by Crippen LogP contribution is -2.37. The molecule has 0 unspecified atom stereocenters. The molecule has 0 spiro atoms. The topological polar surface area (TPSA) is 49.4 Å². The van der Waals surface area contributed by atoms with E-state index in [1.54, 1.807) is 12.1 Å². The van der Waals surface area contributed by atoms with Gasteiger partial charge in [0.1, 0.15) is 0 Å². The molecule has 2 aromatic carbocycles. The minimum Gasteiger partial charge on any atom is -0.339 e. The van der Waals surface area contributed by atoms with Gasteiger partial charge in [-0.15, -0.1) is 0 Å². The number of nitrogens with one attached hydrogen (secondary N) is 1. The van der Waals surface area contributed by atoms with Gasteiger partial charge in [0.25, 0.3) is 5.91 Å². The van der Waals surface area contributed by atoms with Crippen LogP contribution in [0.25, 0.3) is 0 Å².